The molecule has 3 heterocycles. The number of thiocarbonyl (C=S) groups is 1. The Bertz CT molecular complexity index is 1230. The molecular weight excluding hydrogens is 475 g/mol. The Kier molecular flexibility index (Phi) is 5.29. The second-order valence-electron chi connectivity index (χ2n) is 7.26. The number of hydrogen-bond acceptors (Lipinski definition) is 2. The average molecular weight is 493 g/mol. The molecule has 1 aliphatic heterocycles. The molecule has 7 heteroatoms. The van der Waals surface area contributed by atoms with E-state index in [0.29, 0.717) is 5.11 Å². The normalized spacial score (nSPS) is 18.3. The Hall–Kier alpha value is -3.03. The summed E-state index contributed by atoms with van der Waals surface area (Å²) in [5, 5.41) is 4.08. The predicted molar refractivity (Wildman–Crippen MR) is 128 cm³/mol. The van der Waals surface area contributed by atoms with Gasteiger partial charge in [-0.3, -0.25) is 4.98 Å². The summed E-state index contributed by atoms with van der Waals surface area (Å²) in [5.74, 6) is -0.275. The highest BCUT2D eigenvalue weighted by molar-refractivity contribution is 9.10. The van der Waals surface area contributed by atoms with Crippen LogP contribution in [0.3, 0.4) is 0 Å². The monoisotopic (exact) mass is 492 g/mol. The number of rotatable bonds is 4. The van der Waals surface area contributed by atoms with Crippen LogP contribution in [0.25, 0.3) is 5.69 Å². The van der Waals surface area contributed by atoms with Crippen molar-refractivity contribution in [2.75, 3.05) is 4.90 Å². The molecular formula is C24H18BrFN4S. The van der Waals surface area contributed by atoms with Crippen molar-refractivity contribution >= 4 is 38.9 Å². The van der Waals surface area contributed by atoms with E-state index in [1.807, 2.05) is 71.4 Å². The van der Waals surface area contributed by atoms with Crippen molar-refractivity contribution in [3.63, 3.8) is 0 Å². The molecule has 0 aliphatic carbocycles. The van der Waals surface area contributed by atoms with Crippen molar-refractivity contribution in [3.8, 4) is 5.69 Å². The zero-order valence-corrected chi connectivity index (χ0v) is 18.7. The maximum atomic E-state index is 14.0. The van der Waals surface area contributed by atoms with Gasteiger partial charge in [0.15, 0.2) is 5.11 Å². The zero-order chi connectivity index (χ0) is 21.4. The summed E-state index contributed by atoms with van der Waals surface area (Å²) in [5.41, 5.74) is 3.60. The highest BCUT2D eigenvalue weighted by Crippen LogP contribution is 2.42. The summed E-state index contributed by atoms with van der Waals surface area (Å²) in [6, 6.07) is 24.2. The van der Waals surface area contributed by atoms with Gasteiger partial charge in [-0.15, -0.1) is 0 Å². The van der Waals surface area contributed by atoms with Crippen LogP contribution in [0.15, 0.2) is 95.7 Å². The summed E-state index contributed by atoms with van der Waals surface area (Å²) >= 11 is 9.27. The van der Waals surface area contributed by atoms with Gasteiger partial charge in [-0.05, 0) is 78.9 Å². The molecule has 4 aromatic rings. The molecule has 1 fully saturated rings. The SMILES string of the molecule is Fc1cccc(-n2cccc2[C@H]2[C@H](c3ccccn3)NC(=S)N2c2ccc(Br)cc2)c1. The predicted octanol–water partition coefficient (Wildman–Crippen LogP) is 5.95. The Morgan fingerprint density at radius 2 is 1.77 bits per heavy atom. The first-order valence-corrected chi connectivity index (χ1v) is 11.0. The molecule has 0 unspecified atom stereocenters. The number of hydrogen-bond donors (Lipinski definition) is 1. The van der Waals surface area contributed by atoms with Crippen molar-refractivity contribution in [3.05, 3.63) is 113 Å². The Morgan fingerprint density at radius 3 is 2.52 bits per heavy atom. The fourth-order valence-corrected chi connectivity index (χ4v) is 4.64. The third-order valence-corrected chi connectivity index (χ3v) is 6.22. The minimum Gasteiger partial charge on any atom is -0.351 e. The molecule has 1 saturated heterocycles. The first-order valence-electron chi connectivity index (χ1n) is 9.81. The highest BCUT2D eigenvalue weighted by Gasteiger charge is 2.42. The van der Waals surface area contributed by atoms with E-state index in [0.717, 1.165) is 27.2 Å². The number of anilines is 1. The Labute approximate surface area is 193 Å². The third kappa shape index (κ3) is 3.75. The standard InChI is InChI=1S/C24H18BrFN4S/c25-16-9-11-18(12-10-16)30-23(22(28-24(30)31)20-7-1-2-13-27-20)21-8-4-14-29(21)19-6-3-5-17(26)15-19/h1-15,22-23H,(H,28,31)/t22-,23-/m0/s1. The van der Waals surface area contributed by atoms with Gasteiger partial charge in [0, 0.05) is 33.9 Å². The van der Waals surface area contributed by atoms with E-state index in [9.17, 15) is 4.39 Å². The summed E-state index contributed by atoms with van der Waals surface area (Å²) in [6.45, 7) is 0. The van der Waals surface area contributed by atoms with E-state index in [1.54, 1.807) is 12.3 Å². The number of aromatic nitrogens is 2. The number of nitrogens with zero attached hydrogens (tertiary/aromatic N) is 3. The van der Waals surface area contributed by atoms with Crippen LogP contribution in [0.2, 0.25) is 0 Å². The van der Waals surface area contributed by atoms with Crippen molar-refractivity contribution in [2.45, 2.75) is 12.1 Å². The summed E-state index contributed by atoms with van der Waals surface area (Å²) in [6.07, 6.45) is 3.73. The van der Waals surface area contributed by atoms with Gasteiger partial charge in [0.05, 0.1) is 11.7 Å². The number of benzene rings is 2. The van der Waals surface area contributed by atoms with Gasteiger partial charge >= 0.3 is 0 Å². The van der Waals surface area contributed by atoms with E-state index >= 15 is 0 Å². The van der Waals surface area contributed by atoms with Crippen LogP contribution in [-0.2, 0) is 0 Å². The Balaban J connectivity index is 1.67. The fourth-order valence-electron chi connectivity index (χ4n) is 4.03. The van der Waals surface area contributed by atoms with Gasteiger partial charge in [-0.2, -0.15) is 0 Å². The summed E-state index contributed by atoms with van der Waals surface area (Å²) < 4.78 is 17.0. The van der Waals surface area contributed by atoms with Gasteiger partial charge < -0.3 is 14.8 Å². The molecule has 0 spiro atoms. The zero-order valence-electron chi connectivity index (χ0n) is 16.3. The molecule has 1 N–H and O–H groups in total. The molecule has 0 bridgehead atoms. The number of pyridine rings is 1. The van der Waals surface area contributed by atoms with Gasteiger partial charge in [-0.25, -0.2) is 4.39 Å². The lowest BCUT2D eigenvalue weighted by atomic mass is 10.0. The molecule has 4 nitrogen and oxygen atoms in total. The highest BCUT2D eigenvalue weighted by atomic mass is 79.9. The Morgan fingerprint density at radius 1 is 0.935 bits per heavy atom. The summed E-state index contributed by atoms with van der Waals surface area (Å²) in [4.78, 5) is 6.69. The molecule has 0 radical (unpaired) electrons. The third-order valence-electron chi connectivity index (χ3n) is 5.37. The molecule has 2 aromatic heterocycles. The molecule has 0 amide bonds. The second kappa shape index (κ2) is 8.24. The summed E-state index contributed by atoms with van der Waals surface area (Å²) in [7, 11) is 0. The quantitative estimate of drug-likeness (QED) is 0.356. The van der Waals surface area contributed by atoms with Crippen LogP contribution in [0, 0.1) is 5.82 Å². The lowest BCUT2D eigenvalue weighted by Gasteiger charge is -2.29. The van der Waals surface area contributed by atoms with E-state index in [1.165, 1.54) is 12.1 Å². The lowest BCUT2D eigenvalue weighted by molar-refractivity contribution is 0.549. The lowest BCUT2D eigenvalue weighted by Crippen LogP contribution is -2.30. The minimum atomic E-state index is -0.275. The van der Waals surface area contributed by atoms with Crippen LogP contribution in [0.1, 0.15) is 23.5 Å². The average Bonchev–Trinajstić information content (AvgIpc) is 3.39. The van der Waals surface area contributed by atoms with E-state index in [4.69, 9.17) is 12.2 Å². The van der Waals surface area contributed by atoms with Crippen LogP contribution in [0.5, 0.6) is 0 Å². The maximum Gasteiger partial charge on any atom is 0.174 e. The van der Waals surface area contributed by atoms with Crippen molar-refractivity contribution in [2.24, 2.45) is 0 Å². The molecule has 154 valence electrons. The second-order valence-corrected chi connectivity index (χ2v) is 8.56. The van der Waals surface area contributed by atoms with Crippen LogP contribution < -0.4 is 10.2 Å². The van der Waals surface area contributed by atoms with Crippen LogP contribution in [0.4, 0.5) is 10.1 Å². The molecule has 31 heavy (non-hydrogen) atoms. The fraction of sp³-hybridized carbons (Fsp3) is 0.0833. The molecule has 5 rings (SSSR count). The minimum absolute atomic E-state index is 0.167. The van der Waals surface area contributed by atoms with Crippen LogP contribution in [-0.4, -0.2) is 14.7 Å². The van der Waals surface area contributed by atoms with Crippen molar-refractivity contribution in [1.82, 2.24) is 14.9 Å². The topological polar surface area (TPSA) is 33.1 Å². The molecule has 1 aliphatic rings. The largest absolute Gasteiger partial charge is 0.351 e. The molecule has 0 saturated carbocycles. The van der Waals surface area contributed by atoms with E-state index < -0.39 is 0 Å². The molecule has 2 aromatic carbocycles. The van der Waals surface area contributed by atoms with Gasteiger partial charge in [0.2, 0.25) is 0 Å². The van der Waals surface area contributed by atoms with E-state index in [-0.39, 0.29) is 17.9 Å². The number of nitrogens with one attached hydrogen (secondary N) is 1. The van der Waals surface area contributed by atoms with E-state index in [2.05, 4.69) is 31.1 Å². The number of halogens is 2. The molecule has 2 atom stereocenters. The first kappa shape index (κ1) is 19.9. The maximum absolute atomic E-state index is 14.0. The van der Waals surface area contributed by atoms with Gasteiger partial charge in [0.25, 0.3) is 0 Å². The smallest absolute Gasteiger partial charge is 0.174 e. The van der Waals surface area contributed by atoms with Gasteiger partial charge in [0.1, 0.15) is 11.9 Å². The van der Waals surface area contributed by atoms with Crippen LogP contribution >= 0.6 is 28.1 Å². The van der Waals surface area contributed by atoms with Crippen molar-refractivity contribution < 1.29 is 4.39 Å². The van der Waals surface area contributed by atoms with Crippen molar-refractivity contribution in [1.29, 1.82) is 0 Å². The van der Waals surface area contributed by atoms with Gasteiger partial charge in [-0.1, -0.05) is 28.1 Å². The first-order chi connectivity index (χ1) is 15.1.